The van der Waals surface area contributed by atoms with E-state index < -0.39 is 5.97 Å². The number of hydrogen-bond acceptors (Lipinski definition) is 3. The number of benzene rings is 1. The molecule has 0 aliphatic carbocycles. The summed E-state index contributed by atoms with van der Waals surface area (Å²) in [5.74, 6) is -0.662. The van der Waals surface area contributed by atoms with Crippen molar-refractivity contribution < 1.29 is 9.90 Å². The molecule has 32 heavy (non-hydrogen) atoms. The van der Waals surface area contributed by atoms with Gasteiger partial charge in [-0.15, -0.1) is 5.10 Å². The van der Waals surface area contributed by atoms with Crippen molar-refractivity contribution in [1.29, 1.82) is 0 Å². The normalized spacial score (nSPS) is 11.2. The molecular weight excluding hydrogens is 398 g/mol. The zero-order chi connectivity index (χ0) is 22.9. The third-order valence-electron chi connectivity index (χ3n) is 6.23. The lowest BCUT2D eigenvalue weighted by Crippen LogP contribution is -1.97. The Morgan fingerprint density at radius 3 is 1.81 bits per heavy atom. The summed E-state index contributed by atoms with van der Waals surface area (Å²) in [6, 6.07) is 8.28. The first-order valence-corrected chi connectivity index (χ1v) is 12.9. The van der Waals surface area contributed by atoms with Crippen molar-refractivity contribution in [3.8, 4) is 5.69 Å². The van der Waals surface area contributed by atoms with Crippen LogP contribution in [0.3, 0.4) is 0 Å². The summed E-state index contributed by atoms with van der Waals surface area (Å²) in [5.41, 5.74) is 3.42. The van der Waals surface area contributed by atoms with Gasteiger partial charge in [0, 0.05) is 6.42 Å². The molecule has 1 heterocycles. The molecule has 0 aliphatic heterocycles. The lowest BCUT2D eigenvalue weighted by Gasteiger charge is -2.03. The number of rotatable bonds is 19. The number of para-hydroxylation sites is 1. The molecule has 178 valence electrons. The van der Waals surface area contributed by atoms with E-state index in [-0.39, 0.29) is 0 Å². The molecule has 2 rings (SSSR count). The van der Waals surface area contributed by atoms with E-state index >= 15 is 0 Å². The van der Waals surface area contributed by atoms with E-state index in [4.69, 9.17) is 5.11 Å². The maximum atomic E-state index is 10.4. The monoisotopic (exact) mass is 441 g/mol. The van der Waals surface area contributed by atoms with Crippen molar-refractivity contribution >= 4 is 5.97 Å². The van der Waals surface area contributed by atoms with Crippen LogP contribution in [0.5, 0.6) is 0 Å². The molecule has 0 atom stereocenters. The Morgan fingerprint density at radius 1 is 0.781 bits per heavy atom. The van der Waals surface area contributed by atoms with Crippen LogP contribution in [0, 0.1) is 6.92 Å². The van der Waals surface area contributed by atoms with Gasteiger partial charge in [0.25, 0.3) is 0 Å². The number of aryl methyl sites for hydroxylation is 2. The quantitative estimate of drug-likeness (QED) is 0.230. The van der Waals surface area contributed by atoms with Gasteiger partial charge in [-0.1, -0.05) is 107 Å². The van der Waals surface area contributed by atoms with Crippen LogP contribution in [-0.4, -0.2) is 26.1 Å². The fraction of sp³-hybridized carbons (Fsp3) is 0.667. The Labute approximate surface area is 194 Å². The fourth-order valence-electron chi connectivity index (χ4n) is 4.23. The Hall–Kier alpha value is -2.17. The van der Waals surface area contributed by atoms with Crippen molar-refractivity contribution in [3.63, 3.8) is 0 Å². The molecule has 0 saturated heterocycles. The molecule has 0 bridgehead atoms. The zero-order valence-corrected chi connectivity index (χ0v) is 20.1. The molecule has 2 aromatic rings. The van der Waals surface area contributed by atoms with Crippen LogP contribution in [0.1, 0.15) is 114 Å². The van der Waals surface area contributed by atoms with Crippen LogP contribution in [0.4, 0.5) is 0 Å². The summed E-state index contributed by atoms with van der Waals surface area (Å²) in [6.45, 7) is 2.10. The van der Waals surface area contributed by atoms with E-state index in [1.54, 1.807) is 0 Å². The van der Waals surface area contributed by atoms with E-state index in [1.807, 2.05) is 16.8 Å². The standard InChI is InChI=1S/C27H43N3O2/c1-24-19-17-18-21-26(24)30-23-25(28-29-30)20-15-13-11-9-7-5-3-2-4-6-8-10-12-14-16-22-27(31)32/h17-19,21,23H,2-16,20,22H2,1H3,(H,31,32). The molecule has 0 radical (unpaired) electrons. The average molecular weight is 442 g/mol. The molecule has 0 saturated carbocycles. The first kappa shape index (κ1) is 26.1. The number of hydrogen-bond donors (Lipinski definition) is 1. The number of carboxylic acid groups (broad SMARTS) is 1. The maximum absolute atomic E-state index is 10.4. The second kappa shape index (κ2) is 16.5. The highest BCUT2D eigenvalue weighted by Gasteiger charge is 2.05. The second-order valence-electron chi connectivity index (χ2n) is 9.14. The average Bonchev–Trinajstić information content (AvgIpc) is 3.24. The molecule has 0 spiro atoms. The first-order chi connectivity index (χ1) is 15.7. The van der Waals surface area contributed by atoms with Gasteiger partial charge in [0.15, 0.2) is 0 Å². The maximum Gasteiger partial charge on any atom is 0.303 e. The summed E-state index contributed by atoms with van der Waals surface area (Å²) in [5, 5.41) is 17.2. The van der Waals surface area contributed by atoms with Gasteiger partial charge in [-0.2, -0.15) is 0 Å². The van der Waals surface area contributed by atoms with Crippen LogP contribution in [0.15, 0.2) is 30.5 Å². The molecule has 5 nitrogen and oxygen atoms in total. The van der Waals surface area contributed by atoms with Crippen LogP contribution < -0.4 is 0 Å². The number of aromatic nitrogens is 3. The molecule has 5 heteroatoms. The highest BCUT2D eigenvalue weighted by molar-refractivity contribution is 5.66. The van der Waals surface area contributed by atoms with E-state index in [9.17, 15) is 4.79 Å². The number of nitrogens with zero attached hydrogens (tertiary/aromatic N) is 3. The minimum atomic E-state index is -0.662. The van der Waals surface area contributed by atoms with Crippen molar-refractivity contribution in [2.75, 3.05) is 0 Å². The summed E-state index contributed by atoms with van der Waals surface area (Å²) < 4.78 is 1.90. The topological polar surface area (TPSA) is 68.0 Å². The summed E-state index contributed by atoms with van der Waals surface area (Å²) >= 11 is 0. The third-order valence-corrected chi connectivity index (χ3v) is 6.23. The molecule has 0 amide bonds. The molecule has 0 unspecified atom stereocenters. The van der Waals surface area contributed by atoms with Gasteiger partial charge in [-0.25, -0.2) is 4.68 Å². The van der Waals surface area contributed by atoms with Crippen molar-refractivity contribution in [2.45, 2.75) is 116 Å². The fourth-order valence-corrected chi connectivity index (χ4v) is 4.23. The Balaban J connectivity index is 1.35. The highest BCUT2D eigenvalue weighted by Crippen LogP contribution is 2.15. The first-order valence-electron chi connectivity index (χ1n) is 12.9. The SMILES string of the molecule is Cc1ccccc1-n1cc(CCCCCCCCCCCCCCCCCC(=O)O)nn1. The van der Waals surface area contributed by atoms with Crippen molar-refractivity contribution in [3.05, 3.63) is 41.7 Å². The van der Waals surface area contributed by atoms with Gasteiger partial charge in [0.05, 0.1) is 17.6 Å². The van der Waals surface area contributed by atoms with Gasteiger partial charge in [-0.3, -0.25) is 4.79 Å². The summed E-state index contributed by atoms with van der Waals surface area (Å²) in [4.78, 5) is 10.4. The van der Waals surface area contributed by atoms with Crippen molar-refractivity contribution in [1.82, 2.24) is 15.0 Å². The molecule has 1 aromatic carbocycles. The van der Waals surface area contributed by atoms with Gasteiger partial charge in [0.1, 0.15) is 0 Å². The number of unbranched alkanes of at least 4 members (excludes halogenated alkanes) is 14. The van der Waals surface area contributed by atoms with E-state index in [0.29, 0.717) is 6.42 Å². The number of carbonyl (C=O) groups is 1. The minimum absolute atomic E-state index is 0.331. The smallest absolute Gasteiger partial charge is 0.303 e. The van der Waals surface area contributed by atoms with Gasteiger partial charge in [-0.05, 0) is 37.8 Å². The van der Waals surface area contributed by atoms with E-state index in [0.717, 1.165) is 30.6 Å². The molecule has 1 N–H and O–H groups in total. The number of carboxylic acids is 1. The predicted octanol–water partition coefficient (Wildman–Crippen LogP) is 7.44. The van der Waals surface area contributed by atoms with Crippen LogP contribution >= 0.6 is 0 Å². The predicted molar refractivity (Wildman–Crippen MR) is 131 cm³/mol. The third kappa shape index (κ3) is 11.4. The minimum Gasteiger partial charge on any atom is -0.481 e. The van der Waals surface area contributed by atoms with Gasteiger partial charge in [0.2, 0.25) is 0 Å². The van der Waals surface area contributed by atoms with E-state index in [1.165, 1.54) is 89.0 Å². The molecule has 0 aliphatic rings. The number of aliphatic carboxylic acids is 1. The van der Waals surface area contributed by atoms with E-state index in [2.05, 4.69) is 35.6 Å². The lowest BCUT2D eigenvalue weighted by atomic mass is 10.0. The zero-order valence-electron chi connectivity index (χ0n) is 20.1. The molecular formula is C27H43N3O2. The Kier molecular flexibility index (Phi) is 13.4. The van der Waals surface area contributed by atoms with Crippen LogP contribution in [0.25, 0.3) is 5.69 Å². The highest BCUT2D eigenvalue weighted by atomic mass is 16.4. The second-order valence-corrected chi connectivity index (χ2v) is 9.14. The van der Waals surface area contributed by atoms with Gasteiger partial charge < -0.3 is 5.11 Å². The van der Waals surface area contributed by atoms with Crippen molar-refractivity contribution in [2.24, 2.45) is 0 Å². The van der Waals surface area contributed by atoms with Crippen LogP contribution in [0.2, 0.25) is 0 Å². The summed E-state index contributed by atoms with van der Waals surface area (Å²) in [6.07, 6.45) is 22.4. The summed E-state index contributed by atoms with van der Waals surface area (Å²) in [7, 11) is 0. The lowest BCUT2D eigenvalue weighted by molar-refractivity contribution is -0.137. The Morgan fingerprint density at radius 2 is 1.28 bits per heavy atom. The molecule has 1 aromatic heterocycles. The Bertz CT molecular complexity index is 757. The largest absolute Gasteiger partial charge is 0.481 e. The molecule has 0 fully saturated rings. The van der Waals surface area contributed by atoms with Gasteiger partial charge >= 0.3 is 5.97 Å². The van der Waals surface area contributed by atoms with Crippen LogP contribution in [-0.2, 0) is 11.2 Å².